The average Bonchev–Trinajstić information content (AvgIpc) is 1.99. The summed E-state index contributed by atoms with van der Waals surface area (Å²) in [5.41, 5.74) is -0.260. The van der Waals surface area contributed by atoms with E-state index in [1.807, 2.05) is 20.8 Å². The average molecular weight is 200 g/mol. The van der Waals surface area contributed by atoms with E-state index in [4.69, 9.17) is 9.84 Å². The second-order valence-electron chi connectivity index (χ2n) is 4.31. The zero-order valence-corrected chi connectivity index (χ0v) is 8.79. The van der Waals surface area contributed by atoms with Crippen molar-refractivity contribution >= 4 is 11.9 Å². The first kappa shape index (κ1) is 12.7. The molecule has 80 valence electrons. The highest BCUT2D eigenvalue weighted by Gasteiger charge is 2.16. The molecule has 0 aromatic rings. The van der Waals surface area contributed by atoms with Crippen molar-refractivity contribution in [2.45, 2.75) is 27.2 Å². The Morgan fingerprint density at radius 3 is 2.21 bits per heavy atom. The third kappa shape index (κ3) is 6.22. The van der Waals surface area contributed by atoms with Gasteiger partial charge in [-0.2, -0.15) is 0 Å². The molecule has 0 aliphatic carbocycles. The normalized spacial score (nSPS) is 10.8. The highest BCUT2D eigenvalue weighted by atomic mass is 16.5. The summed E-state index contributed by atoms with van der Waals surface area (Å²) >= 11 is 0. The molecule has 0 rings (SSSR count). The fourth-order valence-electron chi connectivity index (χ4n) is 0.598. The zero-order valence-electron chi connectivity index (χ0n) is 8.79. The van der Waals surface area contributed by atoms with Crippen LogP contribution in [0.1, 0.15) is 27.2 Å². The van der Waals surface area contributed by atoms with E-state index in [1.165, 1.54) is 0 Å². The summed E-state index contributed by atoms with van der Waals surface area (Å²) in [4.78, 5) is 21.4. The van der Waals surface area contributed by atoms with Gasteiger partial charge in [-0.1, -0.05) is 27.4 Å². The molecule has 0 aromatic heterocycles. The summed E-state index contributed by atoms with van der Waals surface area (Å²) in [6, 6.07) is 0. The minimum absolute atomic E-state index is 0.111. The van der Waals surface area contributed by atoms with Gasteiger partial charge >= 0.3 is 11.9 Å². The summed E-state index contributed by atoms with van der Waals surface area (Å²) in [5, 5.41) is 8.45. The van der Waals surface area contributed by atoms with E-state index in [9.17, 15) is 9.59 Å². The van der Waals surface area contributed by atoms with Gasteiger partial charge in [0.2, 0.25) is 0 Å². The quantitative estimate of drug-likeness (QED) is 0.553. The molecule has 0 heterocycles. The van der Waals surface area contributed by atoms with E-state index in [2.05, 4.69) is 6.58 Å². The summed E-state index contributed by atoms with van der Waals surface area (Å²) in [6.07, 6.45) is -0.259. The molecular formula is C10H16O4. The predicted molar refractivity (Wildman–Crippen MR) is 51.8 cm³/mol. The summed E-state index contributed by atoms with van der Waals surface area (Å²) < 4.78 is 4.86. The van der Waals surface area contributed by atoms with Crippen molar-refractivity contribution in [3.8, 4) is 0 Å². The number of carboxylic acids is 1. The van der Waals surface area contributed by atoms with Crippen LogP contribution in [0.2, 0.25) is 0 Å². The van der Waals surface area contributed by atoms with Crippen LogP contribution in [0.4, 0.5) is 0 Å². The van der Waals surface area contributed by atoms with Crippen LogP contribution in [-0.2, 0) is 14.3 Å². The minimum Gasteiger partial charge on any atom is -0.478 e. The number of carbonyl (C=O) groups excluding carboxylic acids is 1. The van der Waals surface area contributed by atoms with Gasteiger partial charge in [-0.15, -0.1) is 0 Å². The molecule has 0 bridgehead atoms. The number of hydrogen-bond acceptors (Lipinski definition) is 3. The Bertz CT molecular complexity index is 247. The Balaban J connectivity index is 3.89. The number of ether oxygens (including phenoxy) is 1. The van der Waals surface area contributed by atoms with Gasteiger partial charge in [0, 0.05) is 5.57 Å². The lowest BCUT2D eigenvalue weighted by Crippen LogP contribution is -2.19. The first-order valence-corrected chi connectivity index (χ1v) is 4.29. The number of carbonyl (C=O) groups is 2. The maximum Gasteiger partial charge on any atom is 0.331 e. The molecule has 4 nitrogen and oxygen atoms in total. The van der Waals surface area contributed by atoms with Crippen molar-refractivity contribution in [1.29, 1.82) is 0 Å². The van der Waals surface area contributed by atoms with Crippen LogP contribution in [0, 0.1) is 5.41 Å². The van der Waals surface area contributed by atoms with Crippen LogP contribution in [0.15, 0.2) is 12.2 Å². The molecule has 0 atom stereocenters. The van der Waals surface area contributed by atoms with E-state index < -0.39 is 11.9 Å². The monoisotopic (exact) mass is 200 g/mol. The summed E-state index contributed by atoms with van der Waals surface area (Å²) in [7, 11) is 0. The molecule has 0 unspecified atom stereocenters. The lowest BCUT2D eigenvalue weighted by atomic mass is 9.99. The van der Waals surface area contributed by atoms with Crippen molar-refractivity contribution in [3.05, 3.63) is 12.2 Å². The maximum atomic E-state index is 11.1. The number of esters is 1. The Hall–Kier alpha value is -1.32. The standard InChI is InChI=1S/C10H16O4/c1-7(9(12)13)5-8(11)14-6-10(2,3)4/h1,5-6H2,2-4H3,(H,12,13). The van der Waals surface area contributed by atoms with Crippen molar-refractivity contribution < 1.29 is 19.4 Å². The fraction of sp³-hybridized carbons (Fsp3) is 0.600. The van der Waals surface area contributed by atoms with Gasteiger partial charge in [0.05, 0.1) is 13.0 Å². The molecule has 0 saturated carbocycles. The zero-order chi connectivity index (χ0) is 11.4. The first-order chi connectivity index (χ1) is 6.22. The lowest BCUT2D eigenvalue weighted by Gasteiger charge is -2.17. The highest BCUT2D eigenvalue weighted by Crippen LogP contribution is 2.13. The number of aliphatic carboxylic acids is 1. The fourth-order valence-corrected chi connectivity index (χ4v) is 0.598. The molecule has 0 aromatic carbocycles. The van der Waals surface area contributed by atoms with Crippen LogP contribution in [-0.4, -0.2) is 23.7 Å². The Morgan fingerprint density at radius 2 is 1.86 bits per heavy atom. The molecule has 0 spiro atoms. The van der Waals surface area contributed by atoms with E-state index in [-0.39, 0.29) is 24.0 Å². The van der Waals surface area contributed by atoms with Crippen LogP contribution in [0.5, 0.6) is 0 Å². The lowest BCUT2D eigenvalue weighted by molar-refractivity contribution is -0.147. The Kier molecular flexibility index (Phi) is 4.34. The molecule has 0 fully saturated rings. The Labute approximate surface area is 83.6 Å². The van der Waals surface area contributed by atoms with E-state index in [0.717, 1.165) is 0 Å². The van der Waals surface area contributed by atoms with Crippen LogP contribution < -0.4 is 0 Å². The number of carboxylic acid groups (broad SMARTS) is 1. The SMILES string of the molecule is C=C(CC(=O)OCC(C)(C)C)C(=O)O. The molecule has 14 heavy (non-hydrogen) atoms. The van der Waals surface area contributed by atoms with Gasteiger partial charge in [0.1, 0.15) is 0 Å². The largest absolute Gasteiger partial charge is 0.478 e. The molecule has 0 saturated heterocycles. The van der Waals surface area contributed by atoms with Crippen molar-refractivity contribution in [2.75, 3.05) is 6.61 Å². The minimum atomic E-state index is -1.17. The van der Waals surface area contributed by atoms with Gasteiger partial charge in [-0.3, -0.25) is 4.79 Å². The third-order valence-corrected chi connectivity index (χ3v) is 1.33. The first-order valence-electron chi connectivity index (χ1n) is 4.29. The van der Waals surface area contributed by atoms with E-state index in [0.29, 0.717) is 0 Å². The second-order valence-corrected chi connectivity index (χ2v) is 4.31. The maximum absolute atomic E-state index is 11.1. The summed E-state index contributed by atoms with van der Waals surface area (Å²) in [5.74, 6) is -1.72. The van der Waals surface area contributed by atoms with Crippen LogP contribution in [0.3, 0.4) is 0 Å². The van der Waals surface area contributed by atoms with Crippen molar-refractivity contribution in [3.63, 3.8) is 0 Å². The second kappa shape index (κ2) is 4.79. The highest BCUT2D eigenvalue weighted by molar-refractivity contribution is 5.91. The Morgan fingerprint density at radius 1 is 1.36 bits per heavy atom. The van der Waals surface area contributed by atoms with Gasteiger partial charge < -0.3 is 9.84 Å². The number of hydrogen-bond donors (Lipinski definition) is 1. The molecular weight excluding hydrogens is 184 g/mol. The van der Waals surface area contributed by atoms with Crippen LogP contribution in [0.25, 0.3) is 0 Å². The molecule has 0 aliphatic rings. The van der Waals surface area contributed by atoms with E-state index >= 15 is 0 Å². The summed E-state index contributed by atoms with van der Waals surface area (Å²) in [6.45, 7) is 9.28. The topological polar surface area (TPSA) is 63.6 Å². The number of rotatable bonds is 4. The smallest absolute Gasteiger partial charge is 0.331 e. The van der Waals surface area contributed by atoms with Crippen molar-refractivity contribution in [2.24, 2.45) is 5.41 Å². The molecule has 0 radical (unpaired) electrons. The van der Waals surface area contributed by atoms with E-state index in [1.54, 1.807) is 0 Å². The van der Waals surface area contributed by atoms with Gasteiger partial charge in [0.15, 0.2) is 0 Å². The molecule has 0 amide bonds. The molecule has 0 aliphatic heterocycles. The molecule has 4 heteroatoms. The van der Waals surface area contributed by atoms with Gasteiger partial charge in [-0.25, -0.2) is 4.79 Å². The van der Waals surface area contributed by atoms with Crippen LogP contribution >= 0.6 is 0 Å². The van der Waals surface area contributed by atoms with Gasteiger partial charge in [-0.05, 0) is 5.41 Å². The predicted octanol–water partition coefficient (Wildman–Crippen LogP) is 1.61. The van der Waals surface area contributed by atoms with Crippen molar-refractivity contribution in [1.82, 2.24) is 0 Å². The molecule has 1 N–H and O–H groups in total. The third-order valence-electron chi connectivity index (χ3n) is 1.33. The van der Waals surface area contributed by atoms with Gasteiger partial charge in [0.25, 0.3) is 0 Å².